The fraction of sp³-hybridized carbons (Fsp3) is 0.571. The molecule has 0 bridgehead atoms. The first-order valence-corrected chi connectivity index (χ1v) is 7.08. The summed E-state index contributed by atoms with van der Waals surface area (Å²) in [5.74, 6) is -0.769. The lowest BCUT2D eigenvalue weighted by Crippen LogP contribution is -2.46. The number of nitrogens with one attached hydrogen (secondary N) is 1. The van der Waals surface area contributed by atoms with Gasteiger partial charge in [-0.05, 0) is 6.54 Å². The van der Waals surface area contributed by atoms with Crippen LogP contribution in [0.4, 0.5) is 10.1 Å². The number of rotatable bonds is 6. The minimum Gasteiger partial charge on any atom is -0.374 e. The van der Waals surface area contributed by atoms with Gasteiger partial charge in [0.2, 0.25) is 5.82 Å². The van der Waals surface area contributed by atoms with E-state index in [4.69, 9.17) is 4.74 Å². The molecule has 0 radical (unpaired) electrons. The van der Waals surface area contributed by atoms with Crippen LogP contribution in [0.5, 0.6) is 0 Å². The molecule has 21 heavy (non-hydrogen) atoms. The second-order valence-corrected chi connectivity index (χ2v) is 5.02. The maximum atomic E-state index is 13.9. The van der Waals surface area contributed by atoms with Gasteiger partial charge in [-0.3, -0.25) is 15.0 Å². The molecule has 1 aromatic rings. The molecule has 6 nitrogen and oxygen atoms in total. The van der Waals surface area contributed by atoms with Crippen LogP contribution in [0.1, 0.15) is 12.5 Å². The fourth-order valence-corrected chi connectivity index (χ4v) is 2.40. The summed E-state index contributed by atoms with van der Waals surface area (Å²) in [7, 11) is 0. The summed E-state index contributed by atoms with van der Waals surface area (Å²) in [6.45, 7) is 6.42. The van der Waals surface area contributed by atoms with E-state index in [1.807, 2.05) is 0 Å². The highest BCUT2D eigenvalue weighted by atomic mass is 19.1. The number of halogens is 1. The van der Waals surface area contributed by atoms with Crippen LogP contribution in [0.3, 0.4) is 0 Å². The largest absolute Gasteiger partial charge is 0.374 e. The maximum Gasteiger partial charge on any atom is 0.305 e. The Kier molecular flexibility index (Phi) is 5.60. The van der Waals surface area contributed by atoms with Gasteiger partial charge in [-0.15, -0.1) is 0 Å². The summed E-state index contributed by atoms with van der Waals surface area (Å²) in [5.41, 5.74) is -0.187. The van der Waals surface area contributed by atoms with Crippen LogP contribution in [-0.4, -0.2) is 48.7 Å². The molecule has 1 aliphatic rings. The van der Waals surface area contributed by atoms with Crippen molar-refractivity contribution < 1.29 is 14.1 Å². The average Bonchev–Trinajstić information content (AvgIpc) is 2.49. The lowest BCUT2D eigenvalue weighted by Gasteiger charge is -2.32. The van der Waals surface area contributed by atoms with Crippen molar-refractivity contribution in [2.24, 2.45) is 0 Å². The van der Waals surface area contributed by atoms with Gasteiger partial charge in [-0.2, -0.15) is 4.39 Å². The summed E-state index contributed by atoms with van der Waals surface area (Å²) in [4.78, 5) is 12.3. The molecule has 1 aromatic carbocycles. The van der Waals surface area contributed by atoms with Crippen molar-refractivity contribution >= 4 is 5.69 Å². The number of nitrogens with zero attached hydrogens (tertiary/aromatic N) is 2. The summed E-state index contributed by atoms with van der Waals surface area (Å²) in [5, 5.41) is 13.8. The Bertz CT molecular complexity index is 498. The first-order chi connectivity index (χ1) is 10.1. The van der Waals surface area contributed by atoms with Crippen LogP contribution in [-0.2, 0) is 11.3 Å². The number of benzene rings is 1. The van der Waals surface area contributed by atoms with E-state index < -0.39 is 16.4 Å². The van der Waals surface area contributed by atoms with E-state index in [9.17, 15) is 14.5 Å². The summed E-state index contributed by atoms with van der Waals surface area (Å²) in [6.07, 6.45) is 0.0699. The Morgan fingerprint density at radius 1 is 1.57 bits per heavy atom. The first kappa shape index (κ1) is 15.8. The van der Waals surface area contributed by atoms with Crippen molar-refractivity contribution in [3.8, 4) is 0 Å². The number of nitro benzene ring substituents is 1. The van der Waals surface area contributed by atoms with Crippen molar-refractivity contribution in [2.45, 2.75) is 19.6 Å². The van der Waals surface area contributed by atoms with Crippen LogP contribution in [0.15, 0.2) is 18.2 Å². The van der Waals surface area contributed by atoms with E-state index in [0.717, 1.165) is 19.6 Å². The van der Waals surface area contributed by atoms with Crippen molar-refractivity contribution in [2.75, 3.05) is 32.8 Å². The summed E-state index contributed by atoms with van der Waals surface area (Å²) in [6, 6.07) is 4.21. The lowest BCUT2D eigenvalue weighted by molar-refractivity contribution is -0.387. The zero-order valence-electron chi connectivity index (χ0n) is 12.0. The molecule has 1 aliphatic heterocycles. The van der Waals surface area contributed by atoms with E-state index in [-0.39, 0.29) is 12.6 Å². The molecular formula is C14H20FN3O3. The molecule has 2 rings (SSSR count). The zero-order chi connectivity index (χ0) is 15.2. The molecule has 0 amide bonds. The van der Waals surface area contributed by atoms with Gasteiger partial charge in [0.25, 0.3) is 0 Å². The smallest absolute Gasteiger partial charge is 0.305 e. The SMILES string of the molecule is CCN1CCOC(CNCc2cccc([N+](=O)[O-])c2F)C1. The van der Waals surface area contributed by atoms with Crippen molar-refractivity contribution in [1.82, 2.24) is 10.2 Å². The monoisotopic (exact) mass is 297 g/mol. The molecule has 1 N–H and O–H groups in total. The summed E-state index contributed by atoms with van der Waals surface area (Å²) >= 11 is 0. The van der Waals surface area contributed by atoms with E-state index in [1.165, 1.54) is 12.1 Å². The van der Waals surface area contributed by atoms with Crippen molar-refractivity contribution in [3.05, 3.63) is 39.7 Å². The number of hydrogen-bond acceptors (Lipinski definition) is 5. The third-order valence-corrected chi connectivity index (χ3v) is 3.61. The van der Waals surface area contributed by atoms with E-state index in [1.54, 1.807) is 6.07 Å². The van der Waals surface area contributed by atoms with Gasteiger partial charge in [0, 0.05) is 37.8 Å². The Morgan fingerprint density at radius 3 is 3.10 bits per heavy atom. The molecule has 1 atom stereocenters. The van der Waals surface area contributed by atoms with Gasteiger partial charge in [0.05, 0.1) is 17.6 Å². The van der Waals surface area contributed by atoms with Crippen molar-refractivity contribution in [1.29, 1.82) is 0 Å². The second-order valence-electron chi connectivity index (χ2n) is 5.02. The minimum atomic E-state index is -0.769. The lowest BCUT2D eigenvalue weighted by atomic mass is 10.2. The van der Waals surface area contributed by atoms with E-state index >= 15 is 0 Å². The predicted octanol–water partition coefficient (Wildman–Crippen LogP) is 1.54. The van der Waals surface area contributed by atoms with Gasteiger partial charge in [-0.25, -0.2) is 0 Å². The number of morpholine rings is 1. The highest BCUT2D eigenvalue weighted by Gasteiger charge is 2.20. The molecule has 7 heteroatoms. The number of hydrogen-bond donors (Lipinski definition) is 1. The molecule has 116 valence electrons. The topological polar surface area (TPSA) is 67.6 Å². The van der Waals surface area contributed by atoms with E-state index in [2.05, 4.69) is 17.1 Å². The number of nitro groups is 1. The minimum absolute atomic E-state index is 0.0699. The van der Waals surface area contributed by atoms with E-state index in [0.29, 0.717) is 18.7 Å². The molecule has 0 saturated carbocycles. The third-order valence-electron chi connectivity index (χ3n) is 3.61. The fourth-order valence-electron chi connectivity index (χ4n) is 2.40. The quantitative estimate of drug-likeness (QED) is 0.637. The Morgan fingerprint density at radius 2 is 2.38 bits per heavy atom. The molecule has 1 unspecified atom stereocenters. The van der Waals surface area contributed by atoms with Gasteiger partial charge >= 0.3 is 5.69 Å². The molecule has 0 aromatic heterocycles. The third kappa shape index (κ3) is 4.20. The Balaban J connectivity index is 1.86. The van der Waals surface area contributed by atoms with Crippen LogP contribution >= 0.6 is 0 Å². The van der Waals surface area contributed by atoms with Crippen LogP contribution in [0, 0.1) is 15.9 Å². The summed E-state index contributed by atoms with van der Waals surface area (Å²) < 4.78 is 19.5. The Labute approximate surface area is 123 Å². The van der Waals surface area contributed by atoms with Crippen LogP contribution in [0.2, 0.25) is 0 Å². The Hall–Kier alpha value is -1.57. The standard InChI is InChI=1S/C14H20FN3O3/c1-2-17-6-7-21-12(10-17)9-16-8-11-4-3-5-13(14(11)15)18(19)20/h3-5,12,16H,2,6-10H2,1H3. The van der Waals surface area contributed by atoms with Gasteiger partial charge in [-0.1, -0.05) is 19.1 Å². The van der Waals surface area contributed by atoms with Gasteiger partial charge in [0.1, 0.15) is 0 Å². The molecule has 1 fully saturated rings. The highest BCUT2D eigenvalue weighted by molar-refractivity contribution is 5.36. The molecule has 0 aliphatic carbocycles. The normalized spacial score (nSPS) is 19.6. The number of likely N-dealkylation sites (N-methyl/N-ethyl adjacent to an activating group) is 1. The molecule has 1 heterocycles. The zero-order valence-corrected chi connectivity index (χ0v) is 12.0. The van der Waals surface area contributed by atoms with Crippen LogP contribution in [0.25, 0.3) is 0 Å². The van der Waals surface area contributed by atoms with Crippen molar-refractivity contribution in [3.63, 3.8) is 0 Å². The maximum absolute atomic E-state index is 13.9. The second kappa shape index (κ2) is 7.44. The number of ether oxygens (including phenoxy) is 1. The predicted molar refractivity (Wildman–Crippen MR) is 76.6 cm³/mol. The first-order valence-electron chi connectivity index (χ1n) is 7.08. The molecular weight excluding hydrogens is 277 g/mol. The molecule has 1 saturated heterocycles. The van der Waals surface area contributed by atoms with Gasteiger partial charge in [0.15, 0.2) is 0 Å². The molecule has 0 spiro atoms. The highest BCUT2D eigenvalue weighted by Crippen LogP contribution is 2.19. The van der Waals surface area contributed by atoms with Crippen LogP contribution < -0.4 is 5.32 Å². The van der Waals surface area contributed by atoms with Gasteiger partial charge < -0.3 is 10.1 Å². The average molecular weight is 297 g/mol.